The summed E-state index contributed by atoms with van der Waals surface area (Å²) in [7, 11) is 0. The van der Waals surface area contributed by atoms with Gasteiger partial charge in [0.05, 0.1) is 0 Å². The van der Waals surface area contributed by atoms with Crippen LogP contribution in [0, 0.1) is 0 Å². The van der Waals surface area contributed by atoms with Crippen LogP contribution in [0.25, 0.3) is 0 Å². The molecule has 0 bridgehead atoms. The van der Waals surface area contributed by atoms with Crippen molar-refractivity contribution in [2.45, 2.75) is 58.3 Å². The number of carbonyl (C=O) groups is 1. The summed E-state index contributed by atoms with van der Waals surface area (Å²) in [5.74, 6) is -0.931. The summed E-state index contributed by atoms with van der Waals surface area (Å²) in [6.07, 6.45) is 28.8. The van der Waals surface area contributed by atoms with Gasteiger partial charge in [-0.2, -0.15) is 0 Å². The average Bonchev–Trinajstić information content (AvgIpc) is 2.50. The second-order valence-electron chi connectivity index (χ2n) is 5.19. The maximum atomic E-state index is 10.2. The Morgan fingerprint density at radius 2 is 1.23 bits per heavy atom. The molecule has 0 aromatic heterocycles. The summed E-state index contributed by atoms with van der Waals surface area (Å²) in [5, 5.41) is 8.38. The van der Waals surface area contributed by atoms with Gasteiger partial charge in [0.1, 0.15) is 0 Å². The van der Waals surface area contributed by atoms with Gasteiger partial charge < -0.3 is 5.11 Å². The van der Waals surface area contributed by atoms with E-state index in [0.717, 1.165) is 12.5 Å². The SMILES string of the molecule is CCCCCCCCC\C=C/C=C\C=C\C=C\C=C\C(=O)O. The lowest BCUT2D eigenvalue weighted by Crippen LogP contribution is -1.84. The maximum absolute atomic E-state index is 10.2. The first-order valence-corrected chi connectivity index (χ1v) is 8.33. The Kier molecular flexibility index (Phi) is 15.8. The lowest BCUT2D eigenvalue weighted by molar-refractivity contribution is -0.131. The van der Waals surface area contributed by atoms with Crippen LogP contribution in [0.5, 0.6) is 0 Å². The monoisotopic (exact) mass is 302 g/mol. The normalized spacial score (nSPS) is 12.8. The van der Waals surface area contributed by atoms with Crippen LogP contribution < -0.4 is 0 Å². The van der Waals surface area contributed by atoms with Gasteiger partial charge >= 0.3 is 5.97 Å². The zero-order valence-electron chi connectivity index (χ0n) is 13.8. The van der Waals surface area contributed by atoms with Gasteiger partial charge in [-0.25, -0.2) is 4.79 Å². The van der Waals surface area contributed by atoms with E-state index in [1.807, 2.05) is 24.3 Å². The van der Waals surface area contributed by atoms with Crippen molar-refractivity contribution in [1.82, 2.24) is 0 Å². The first-order valence-electron chi connectivity index (χ1n) is 8.33. The Morgan fingerprint density at radius 1 is 0.727 bits per heavy atom. The molecule has 0 aromatic rings. The lowest BCUT2D eigenvalue weighted by atomic mass is 10.1. The van der Waals surface area contributed by atoms with Crippen LogP contribution in [0.3, 0.4) is 0 Å². The van der Waals surface area contributed by atoms with E-state index in [-0.39, 0.29) is 0 Å². The lowest BCUT2D eigenvalue weighted by Gasteiger charge is -1.98. The van der Waals surface area contributed by atoms with Crippen LogP contribution in [0.1, 0.15) is 58.3 Å². The molecule has 0 aliphatic heterocycles. The summed E-state index contributed by atoms with van der Waals surface area (Å²) >= 11 is 0. The van der Waals surface area contributed by atoms with Crippen molar-refractivity contribution in [2.24, 2.45) is 0 Å². The van der Waals surface area contributed by atoms with Gasteiger partial charge in [0.2, 0.25) is 0 Å². The summed E-state index contributed by atoms with van der Waals surface area (Å²) in [6.45, 7) is 2.25. The topological polar surface area (TPSA) is 37.3 Å². The maximum Gasteiger partial charge on any atom is 0.328 e. The molecule has 0 atom stereocenters. The van der Waals surface area contributed by atoms with Crippen LogP contribution in [-0.4, -0.2) is 11.1 Å². The minimum absolute atomic E-state index is 0.931. The summed E-state index contributed by atoms with van der Waals surface area (Å²) in [5.41, 5.74) is 0. The van der Waals surface area contributed by atoms with Gasteiger partial charge in [0, 0.05) is 6.08 Å². The highest BCUT2D eigenvalue weighted by atomic mass is 16.4. The van der Waals surface area contributed by atoms with E-state index in [9.17, 15) is 4.79 Å². The molecule has 0 fully saturated rings. The van der Waals surface area contributed by atoms with Gasteiger partial charge in [-0.1, -0.05) is 100 Å². The number of allylic oxidation sites excluding steroid dienone is 9. The standard InChI is InChI=1S/C20H30O2/c1-2-3-4-5-6-7-8-9-10-11-12-13-14-15-16-17-18-19-20(21)22/h10-19H,2-9H2,1H3,(H,21,22)/b11-10-,13-12-,15-14+,17-16+,19-18+. The Balaban J connectivity index is 3.50. The van der Waals surface area contributed by atoms with Gasteiger partial charge in [-0.05, 0) is 12.8 Å². The molecule has 0 rings (SSSR count). The zero-order chi connectivity index (χ0) is 16.3. The van der Waals surface area contributed by atoms with Gasteiger partial charge in [0.25, 0.3) is 0 Å². The number of hydrogen-bond donors (Lipinski definition) is 1. The van der Waals surface area contributed by atoms with Crippen LogP contribution in [0.2, 0.25) is 0 Å². The fraction of sp³-hybridized carbons (Fsp3) is 0.450. The van der Waals surface area contributed by atoms with E-state index < -0.39 is 5.97 Å². The molecule has 0 saturated heterocycles. The molecule has 122 valence electrons. The van der Waals surface area contributed by atoms with E-state index in [0.29, 0.717) is 0 Å². The number of carboxylic acid groups (broad SMARTS) is 1. The first kappa shape index (κ1) is 20.2. The van der Waals surface area contributed by atoms with Crippen molar-refractivity contribution in [3.05, 3.63) is 60.8 Å². The third kappa shape index (κ3) is 18.2. The molecular weight excluding hydrogens is 272 g/mol. The smallest absolute Gasteiger partial charge is 0.328 e. The van der Waals surface area contributed by atoms with E-state index in [1.165, 1.54) is 51.0 Å². The highest BCUT2D eigenvalue weighted by Gasteiger charge is 1.88. The van der Waals surface area contributed by atoms with Crippen molar-refractivity contribution in [2.75, 3.05) is 0 Å². The minimum atomic E-state index is -0.931. The Morgan fingerprint density at radius 3 is 1.82 bits per heavy atom. The fourth-order valence-corrected chi connectivity index (χ4v) is 1.92. The molecule has 22 heavy (non-hydrogen) atoms. The highest BCUT2D eigenvalue weighted by Crippen LogP contribution is 2.08. The van der Waals surface area contributed by atoms with Crippen LogP contribution >= 0.6 is 0 Å². The van der Waals surface area contributed by atoms with Crippen molar-refractivity contribution < 1.29 is 9.90 Å². The van der Waals surface area contributed by atoms with Crippen molar-refractivity contribution >= 4 is 5.97 Å². The van der Waals surface area contributed by atoms with Crippen LogP contribution in [-0.2, 0) is 4.79 Å². The number of carboxylic acids is 1. The van der Waals surface area contributed by atoms with E-state index in [4.69, 9.17) is 5.11 Å². The number of hydrogen-bond acceptors (Lipinski definition) is 1. The molecule has 0 heterocycles. The quantitative estimate of drug-likeness (QED) is 0.258. The Hall–Kier alpha value is -1.83. The fourth-order valence-electron chi connectivity index (χ4n) is 1.92. The van der Waals surface area contributed by atoms with E-state index >= 15 is 0 Å². The third-order valence-electron chi connectivity index (χ3n) is 3.13. The van der Waals surface area contributed by atoms with Crippen LogP contribution in [0.15, 0.2) is 60.8 Å². The number of aliphatic carboxylic acids is 1. The minimum Gasteiger partial charge on any atom is -0.478 e. The van der Waals surface area contributed by atoms with Gasteiger partial charge in [-0.15, -0.1) is 0 Å². The molecule has 0 aliphatic rings. The Bertz CT molecular complexity index is 398. The molecular formula is C20H30O2. The zero-order valence-corrected chi connectivity index (χ0v) is 13.8. The number of unbranched alkanes of at least 4 members (excludes halogenated alkanes) is 7. The summed E-state index contributed by atoms with van der Waals surface area (Å²) in [6, 6.07) is 0. The van der Waals surface area contributed by atoms with Crippen molar-refractivity contribution in [1.29, 1.82) is 0 Å². The molecule has 2 heteroatoms. The highest BCUT2D eigenvalue weighted by molar-refractivity contribution is 5.80. The molecule has 0 spiro atoms. The van der Waals surface area contributed by atoms with E-state index in [2.05, 4.69) is 19.1 Å². The molecule has 0 unspecified atom stereocenters. The largest absolute Gasteiger partial charge is 0.478 e. The summed E-state index contributed by atoms with van der Waals surface area (Å²) < 4.78 is 0. The predicted octanol–water partition coefficient (Wildman–Crippen LogP) is 5.99. The molecule has 0 aliphatic carbocycles. The Labute approximate surface area is 135 Å². The van der Waals surface area contributed by atoms with Crippen molar-refractivity contribution in [3.8, 4) is 0 Å². The second kappa shape index (κ2) is 17.2. The molecule has 0 radical (unpaired) electrons. The average molecular weight is 302 g/mol. The summed E-state index contributed by atoms with van der Waals surface area (Å²) in [4.78, 5) is 10.2. The molecule has 0 aromatic carbocycles. The molecule has 1 N–H and O–H groups in total. The van der Waals surface area contributed by atoms with Gasteiger partial charge in [-0.3, -0.25) is 0 Å². The second-order valence-corrected chi connectivity index (χ2v) is 5.19. The molecule has 0 amide bonds. The van der Waals surface area contributed by atoms with Gasteiger partial charge in [0.15, 0.2) is 0 Å². The number of rotatable bonds is 13. The molecule has 2 nitrogen and oxygen atoms in total. The third-order valence-corrected chi connectivity index (χ3v) is 3.13. The van der Waals surface area contributed by atoms with Crippen molar-refractivity contribution in [3.63, 3.8) is 0 Å². The van der Waals surface area contributed by atoms with E-state index in [1.54, 1.807) is 12.2 Å². The molecule has 0 saturated carbocycles. The van der Waals surface area contributed by atoms with Crippen LogP contribution in [0.4, 0.5) is 0 Å². The predicted molar refractivity (Wildman–Crippen MR) is 95.9 cm³/mol. The first-order chi connectivity index (χ1) is 10.8.